The summed E-state index contributed by atoms with van der Waals surface area (Å²) in [5.41, 5.74) is -0.299. The molecule has 114 valence electrons. The lowest BCUT2D eigenvalue weighted by Crippen LogP contribution is -2.52. The van der Waals surface area contributed by atoms with Crippen molar-refractivity contribution in [3.63, 3.8) is 0 Å². The molecule has 1 rings (SSSR count). The molecule has 1 aromatic carbocycles. The van der Waals surface area contributed by atoms with Gasteiger partial charge in [0.2, 0.25) is 0 Å². The van der Waals surface area contributed by atoms with Crippen LogP contribution < -0.4 is 5.32 Å². The Balaban J connectivity index is 3.29. The molecule has 5 heteroatoms. The highest BCUT2D eigenvalue weighted by Gasteiger charge is 2.36. The third-order valence-electron chi connectivity index (χ3n) is 3.95. The van der Waals surface area contributed by atoms with Crippen molar-refractivity contribution in [2.24, 2.45) is 0 Å². The van der Waals surface area contributed by atoms with Gasteiger partial charge in [-0.05, 0) is 40.1 Å². The number of nitrogens with one attached hydrogen (secondary N) is 1. The molecule has 2 nitrogen and oxygen atoms in total. The molecule has 0 saturated heterocycles. The maximum absolute atomic E-state index is 14.0. The van der Waals surface area contributed by atoms with E-state index in [2.05, 4.69) is 10.2 Å². The quantitative estimate of drug-likeness (QED) is 0.806. The second kappa shape index (κ2) is 6.59. The van der Waals surface area contributed by atoms with E-state index in [4.69, 9.17) is 0 Å². The van der Waals surface area contributed by atoms with Gasteiger partial charge in [-0.3, -0.25) is 4.90 Å². The van der Waals surface area contributed by atoms with Gasteiger partial charge in [0.15, 0.2) is 17.5 Å². The molecular formula is C15H23F3N2. The lowest BCUT2D eigenvalue weighted by Gasteiger charge is -2.43. The van der Waals surface area contributed by atoms with Crippen LogP contribution in [0, 0.1) is 17.5 Å². The summed E-state index contributed by atoms with van der Waals surface area (Å²) in [6, 6.07) is 1.83. The Morgan fingerprint density at radius 3 is 2.10 bits per heavy atom. The Labute approximate surface area is 119 Å². The van der Waals surface area contributed by atoms with Gasteiger partial charge in [0.05, 0.1) is 6.04 Å². The molecule has 0 aliphatic rings. The van der Waals surface area contributed by atoms with E-state index in [1.807, 2.05) is 27.7 Å². The van der Waals surface area contributed by atoms with Crippen LogP contribution in [0.1, 0.15) is 39.3 Å². The predicted octanol–water partition coefficient (Wildman–Crippen LogP) is 3.48. The molecule has 0 fully saturated rings. The Morgan fingerprint density at radius 1 is 1.10 bits per heavy atom. The van der Waals surface area contributed by atoms with Crippen molar-refractivity contribution in [2.45, 2.75) is 39.3 Å². The van der Waals surface area contributed by atoms with Crippen LogP contribution >= 0.6 is 0 Å². The Hall–Kier alpha value is -1.07. The second-order valence-corrected chi connectivity index (χ2v) is 5.31. The lowest BCUT2D eigenvalue weighted by molar-refractivity contribution is 0.0925. The fraction of sp³-hybridized carbons (Fsp3) is 0.600. The van der Waals surface area contributed by atoms with Crippen LogP contribution in [-0.4, -0.2) is 30.6 Å². The summed E-state index contributed by atoms with van der Waals surface area (Å²) in [5.74, 6) is -3.70. The predicted molar refractivity (Wildman–Crippen MR) is 75.1 cm³/mol. The lowest BCUT2D eigenvalue weighted by atomic mass is 9.86. The molecule has 0 aliphatic carbocycles. The van der Waals surface area contributed by atoms with Gasteiger partial charge in [-0.2, -0.15) is 0 Å². The molecular weight excluding hydrogens is 265 g/mol. The van der Waals surface area contributed by atoms with E-state index in [1.54, 1.807) is 7.05 Å². The number of likely N-dealkylation sites (N-methyl/N-ethyl adjacent to an activating group) is 2. The van der Waals surface area contributed by atoms with Crippen LogP contribution in [0.15, 0.2) is 12.1 Å². The van der Waals surface area contributed by atoms with Gasteiger partial charge >= 0.3 is 0 Å². The number of nitrogens with zero attached hydrogens (tertiary/aromatic N) is 1. The Bertz CT molecular complexity index is 457. The molecule has 20 heavy (non-hydrogen) atoms. The molecule has 0 aliphatic heterocycles. The first-order valence-corrected chi connectivity index (χ1v) is 6.86. The van der Waals surface area contributed by atoms with Gasteiger partial charge in [-0.15, -0.1) is 0 Å². The number of rotatable bonds is 6. The highest BCUT2D eigenvalue weighted by atomic mass is 19.2. The molecule has 0 aromatic heterocycles. The molecule has 1 atom stereocenters. The van der Waals surface area contributed by atoms with E-state index in [0.29, 0.717) is 0 Å². The molecule has 1 unspecified atom stereocenters. The highest BCUT2D eigenvalue weighted by Crippen LogP contribution is 2.33. The molecule has 0 spiro atoms. The topological polar surface area (TPSA) is 15.3 Å². The summed E-state index contributed by atoms with van der Waals surface area (Å²) in [5, 5.41) is 3.02. The fourth-order valence-corrected chi connectivity index (χ4v) is 2.87. The number of benzene rings is 1. The first-order valence-electron chi connectivity index (χ1n) is 6.86. The normalized spacial score (nSPS) is 13.8. The fourth-order valence-electron chi connectivity index (χ4n) is 2.87. The van der Waals surface area contributed by atoms with Gasteiger partial charge in [-0.1, -0.05) is 19.9 Å². The van der Waals surface area contributed by atoms with Crippen molar-refractivity contribution < 1.29 is 13.2 Å². The minimum atomic E-state index is -1.42. The van der Waals surface area contributed by atoms with Crippen LogP contribution in [0.4, 0.5) is 13.2 Å². The van der Waals surface area contributed by atoms with Crippen LogP contribution in [0.5, 0.6) is 0 Å². The molecule has 0 saturated carbocycles. The monoisotopic (exact) mass is 288 g/mol. The van der Waals surface area contributed by atoms with Gasteiger partial charge in [0, 0.05) is 11.1 Å². The summed E-state index contributed by atoms with van der Waals surface area (Å²) >= 11 is 0. The summed E-state index contributed by atoms with van der Waals surface area (Å²) in [6.45, 7) is 9.52. The van der Waals surface area contributed by atoms with E-state index in [9.17, 15) is 13.2 Å². The Kier molecular flexibility index (Phi) is 5.59. The van der Waals surface area contributed by atoms with Crippen molar-refractivity contribution in [1.82, 2.24) is 10.2 Å². The van der Waals surface area contributed by atoms with Crippen molar-refractivity contribution in [3.8, 4) is 0 Å². The van der Waals surface area contributed by atoms with Crippen molar-refractivity contribution >= 4 is 0 Å². The van der Waals surface area contributed by atoms with Crippen LogP contribution in [-0.2, 0) is 0 Å². The minimum absolute atomic E-state index is 0.142. The van der Waals surface area contributed by atoms with E-state index in [1.165, 1.54) is 6.07 Å². The average molecular weight is 288 g/mol. The third-order valence-corrected chi connectivity index (χ3v) is 3.95. The first kappa shape index (κ1) is 17.0. The van der Waals surface area contributed by atoms with Crippen molar-refractivity contribution in [3.05, 3.63) is 35.1 Å². The van der Waals surface area contributed by atoms with E-state index < -0.39 is 29.0 Å². The summed E-state index contributed by atoms with van der Waals surface area (Å²) in [6.07, 6.45) is 0. The second-order valence-electron chi connectivity index (χ2n) is 5.31. The van der Waals surface area contributed by atoms with Crippen LogP contribution in [0.3, 0.4) is 0 Å². The van der Waals surface area contributed by atoms with Gasteiger partial charge < -0.3 is 5.32 Å². The molecule has 0 amide bonds. The minimum Gasteiger partial charge on any atom is -0.311 e. The zero-order chi connectivity index (χ0) is 15.5. The standard InChI is InChI=1S/C15H23F3N2/c1-6-20(7-2)15(3,4)14(19-5)10-8-9-11(16)13(18)12(10)17/h8-9,14,19H,6-7H2,1-5H3. The molecule has 0 radical (unpaired) electrons. The van der Waals surface area contributed by atoms with Crippen LogP contribution in [0.25, 0.3) is 0 Å². The number of hydrogen-bond donors (Lipinski definition) is 1. The molecule has 0 heterocycles. The summed E-state index contributed by atoms with van der Waals surface area (Å²) in [4.78, 5) is 2.15. The smallest absolute Gasteiger partial charge is 0.194 e. The van der Waals surface area contributed by atoms with E-state index in [-0.39, 0.29) is 5.56 Å². The zero-order valence-electron chi connectivity index (χ0n) is 12.7. The maximum atomic E-state index is 14.0. The molecule has 1 aromatic rings. The van der Waals surface area contributed by atoms with Gasteiger partial charge in [0.1, 0.15) is 0 Å². The third kappa shape index (κ3) is 2.99. The molecule has 1 N–H and O–H groups in total. The first-order chi connectivity index (χ1) is 9.31. The van der Waals surface area contributed by atoms with Gasteiger partial charge in [0.25, 0.3) is 0 Å². The SMILES string of the molecule is CCN(CC)C(C)(C)C(NC)c1ccc(F)c(F)c1F. The summed E-state index contributed by atoms with van der Waals surface area (Å²) in [7, 11) is 1.69. The zero-order valence-corrected chi connectivity index (χ0v) is 12.7. The van der Waals surface area contributed by atoms with Gasteiger partial charge in [-0.25, -0.2) is 13.2 Å². The van der Waals surface area contributed by atoms with Crippen molar-refractivity contribution in [2.75, 3.05) is 20.1 Å². The molecule has 0 bridgehead atoms. The Morgan fingerprint density at radius 2 is 1.65 bits per heavy atom. The van der Waals surface area contributed by atoms with E-state index >= 15 is 0 Å². The number of halogens is 3. The summed E-state index contributed by atoms with van der Waals surface area (Å²) < 4.78 is 40.5. The largest absolute Gasteiger partial charge is 0.311 e. The van der Waals surface area contributed by atoms with Crippen LogP contribution in [0.2, 0.25) is 0 Å². The van der Waals surface area contributed by atoms with E-state index in [0.717, 1.165) is 19.2 Å². The maximum Gasteiger partial charge on any atom is 0.194 e. The van der Waals surface area contributed by atoms with Crippen molar-refractivity contribution in [1.29, 1.82) is 0 Å². The number of hydrogen-bond acceptors (Lipinski definition) is 2. The highest BCUT2D eigenvalue weighted by molar-refractivity contribution is 5.26. The average Bonchev–Trinajstić information content (AvgIpc) is 2.40.